The van der Waals surface area contributed by atoms with Crippen molar-refractivity contribution < 1.29 is 18.8 Å². The van der Waals surface area contributed by atoms with Gasteiger partial charge in [0.25, 0.3) is 5.91 Å². The zero-order chi connectivity index (χ0) is 18.6. The molecule has 6 nitrogen and oxygen atoms in total. The lowest BCUT2D eigenvalue weighted by atomic mass is 10.1. The number of esters is 1. The number of amides is 1. The molecule has 0 aliphatic carbocycles. The summed E-state index contributed by atoms with van der Waals surface area (Å²) in [7, 11) is 0. The number of nitrogens with zero attached hydrogens (tertiary/aromatic N) is 1. The standard InChI is InChI=1S/C21H16N2O4/c24-20(22-17-10-5-7-14-6-1-2-8-15(14)17)13-26-21(25)12-18-16-9-3-4-11-19(16)27-23-18/h1-11H,12-13H2,(H,22,24). The lowest BCUT2D eigenvalue weighted by molar-refractivity contribution is -0.146. The molecular formula is C21H16N2O4. The van der Waals surface area contributed by atoms with Crippen molar-refractivity contribution in [1.82, 2.24) is 5.16 Å². The topological polar surface area (TPSA) is 81.4 Å². The molecular weight excluding hydrogens is 344 g/mol. The van der Waals surface area contributed by atoms with Crippen LogP contribution in [0.5, 0.6) is 0 Å². The number of hydrogen-bond donors (Lipinski definition) is 1. The van der Waals surface area contributed by atoms with Crippen LogP contribution in [0.4, 0.5) is 5.69 Å². The third-order valence-electron chi connectivity index (χ3n) is 4.19. The highest BCUT2D eigenvalue weighted by atomic mass is 16.5. The zero-order valence-electron chi connectivity index (χ0n) is 14.3. The molecule has 27 heavy (non-hydrogen) atoms. The van der Waals surface area contributed by atoms with Crippen molar-refractivity contribution in [1.29, 1.82) is 0 Å². The van der Waals surface area contributed by atoms with Crippen LogP contribution in [0, 0.1) is 0 Å². The molecule has 0 fully saturated rings. The van der Waals surface area contributed by atoms with Gasteiger partial charge < -0.3 is 14.6 Å². The van der Waals surface area contributed by atoms with Crippen LogP contribution in [0.1, 0.15) is 5.69 Å². The summed E-state index contributed by atoms with van der Waals surface area (Å²) in [4.78, 5) is 24.2. The van der Waals surface area contributed by atoms with Crippen LogP contribution in [0.25, 0.3) is 21.7 Å². The minimum atomic E-state index is -0.540. The number of hydrogen-bond acceptors (Lipinski definition) is 5. The summed E-state index contributed by atoms with van der Waals surface area (Å²) >= 11 is 0. The molecule has 1 amide bonds. The molecule has 0 saturated carbocycles. The number of ether oxygens (including phenoxy) is 1. The highest BCUT2D eigenvalue weighted by molar-refractivity contribution is 6.02. The average molecular weight is 360 g/mol. The summed E-state index contributed by atoms with van der Waals surface area (Å²) in [5.41, 5.74) is 1.77. The first-order valence-corrected chi connectivity index (χ1v) is 8.47. The highest BCUT2D eigenvalue weighted by Gasteiger charge is 2.14. The number of nitrogens with one attached hydrogen (secondary N) is 1. The number of carbonyl (C=O) groups is 2. The molecule has 0 radical (unpaired) electrons. The van der Waals surface area contributed by atoms with E-state index in [1.54, 1.807) is 6.07 Å². The number of benzene rings is 3. The molecule has 4 rings (SSSR count). The van der Waals surface area contributed by atoms with Crippen molar-refractivity contribution in [3.8, 4) is 0 Å². The van der Waals surface area contributed by atoms with E-state index in [0.29, 0.717) is 17.0 Å². The van der Waals surface area contributed by atoms with Crippen LogP contribution >= 0.6 is 0 Å². The summed E-state index contributed by atoms with van der Waals surface area (Å²) in [6.45, 7) is -0.363. The molecule has 1 aromatic heterocycles. The Hall–Kier alpha value is -3.67. The quantitative estimate of drug-likeness (QED) is 0.549. The minimum absolute atomic E-state index is 0.0570. The maximum atomic E-state index is 12.2. The molecule has 4 aromatic rings. The van der Waals surface area contributed by atoms with E-state index in [-0.39, 0.29) is 13.0 Å². The predicted molar refractivity (Wildman–Crippen MR) is 101 cm³/mol. The van der Waals surface area contributed by atoms with E-state index in [4.69, 9.17) is 9.26 Å². The Balaban J connectivity index is 1.37. The van der Waals surface area contributed by atoms with E-state index in [0.717, 1.165) is 16.2 Å². The summed E-state index contributed by atoms with van der Waals surface area (Å²) in [5.74, 6) is -0.938. The van der Waals surface area contributed by atoms with Gasteiger partial charge in [-0.05, 0) is 23.6 Å². The molecule has 134 valence electrons. The maximum absolute atomic E-state index is 12.2. The van der Waals surface area contributed by atoms with Crippen LogP contribution in [-0.2, 0) is 20.7 Å². The predicted octanol–water partition coefficient (Wildman–Crippen LogP) is 3.71. The van der Waals surface area contributed by atoms with Gasteiger partial charge in [0, 0.05) is 16.5 Å². The summed E-state index contributed by atoms with van der Waals surface area (Å²) in [6.07, 6.45) is -0.0570. The van der Waals surface area contributed by atoms with Gasteiger partial charge in [0.2, 0.25) is 0 Å². The van der Waals surface area contributed by atoms with Gasteiger partial charge in [0.1, 0.15) is 5.69 Å². The molecule has 6 heteroatoms. The highest BCUT2D eigenvalue weighted by Crippen LogP contribution is 2.23. The van der Waals surface area contributed by atoms with Gasteiger partial charge in [-0.25, -0.2) is 0 Å². The lowest BCUT2D eigenvalue weighted by Crippen LogP contribution is -2.21. The van der Waals surface area contributed by atoms with E-state index in [1.165, 1.54) is 0 Å². The molecule has 0 spiro atoms. The molecule has 0 saturated heterocycles. The largest absolute Gasteiger partial charge is 0.455 e. The fourth-order valence-corrected chi connectivity index (χ4v) is 2.92. The first-order valence-electron chi connectivity index (χ1n) is 8.47. The Morgan fingerprint density at radius 1 is 0.926 bits per heavy atom. The molecule has 0 aliphatic rings. The Kier molecular flexibility index (Phi) is 4.53. The van der Waals surface area contributed by atoms with Crippen molar-refractivity contribution in [3.05, 3.63) is 72.4 Å². The average Bonchev–Trinajstić information content (AvgIpc) is 3.10. The Bertz CT molecular complexity index is 1130. The van der Waals surface area contributed by atoms with Crippen molar-refractivity contribution in [3.63, 3.8) is 0 Å². The van der Waals surface area contributed by atoms with Crippen LogP contribution < -0.4 is 5.32 Å². The fourth-order valence-electron chi connectivity index (χ4n) is 2.92. The van der Waals surface area contributed by atoms with Crippen molar-refractivity contribution >= 4 is 39.3 Å². The van der Waals surface area contributed by atoms with Gasteiger partial charge in [-0.1, -0.05) is 53.7 Å². The number of carbonyl (C=O) groups excluding carboxylic acids is 2. The Morgan fingerprint density at radius 2 is 1.67 bits per heavy atom. The lowest BCUT2D eigenvalue weighted by Gasteiger charge is -2.09. The first kappa shape index (κ1) is 16.8. The second kappa shape index (κ2) is 7.29. The molecule has 3 aromatic carbocycles. The minimum Gasteiger partial charge on any atom is -0.455 e. The molecule has 0 aliphatic heterocycles. The van der Waals surface area contributed by atoms with Crippen LogP contribution in [-0.4, -0.2) is 23.6 Å². The van der Waals surface area contributed by atoms with Gasteiger partial charge in [0.05, 0.1) is 6.42 Å². The summed E-state index contributed by atoms with van der Waals surface area (Å²) in [6, 6.07) is 20.6. The van der Waals surface area contributed by atoms with Crippen molar-refractivity contribution in [2.75, 3.05) is 11.9 Å². The van der Waals surface area contributed by atoms with E-state index in [9.17, 15) is 9.59 Å². The second-order valence-electron chi connectivity index (χ2n) is 6.04. The smallest absolute Gasteiger partial charge is 0.312 e. The van der Waals surface area contributed by atoms with Crippen LogP contribution in [0.2, 0.25) is 0 Å². The monoisotopic (exact) mass is 360 g/mol. The van der Waals surface area contributed by atoms with Gasteiger partial charge >= 0.3 is 5.97 Å². The number of rotatable bonds is 5. The summed E-state index contributed by atoms with van der Waals surface area (Å²) < 4.78 is 10.2. The van der Waals surface area contributed by atoms with Gasteiger partial charge in [-0.3, -0.25) is 9.59 Å². The molecule has 1 heterocycles. The summed E-state index contributed by atoms with van der Waals surface area (Å²) in [5, 5.41) is 9.37. The zero-order valence-corrected chi connectivity index (χ0v) is 14.3. The number of fused-ring (bicyclic) bond motifs is 2. The van der Waals surface area contributed by atoms with Crippen LogP contribution in [0.15, 0.2) is 71.3 Å². The van der Waals surface area contributed by atoms with Crippen LogP contribution in [0.3, 0.4) is 0 Å². The normalized spacial score (nSPS) is 10.8. The second-order valence-corrected chi connectivity index (χ2v) is 6.04. The van der Waals surface area contributed by atoms with Gasteiger partial charge in [-0.2, -0.15) is 0 Å². The fraction of sp³-hybridized carbons (Fsp3) is 0.0952. The first-order chi connectivity index (χ1) is 13.2. The van der Waals surface area contributed by atoms with Gasteiger partial charge in [0.15, 0.2) is 12.2 Å². The molecule has 1 N–H and O–H groups in total. The Morgan fingerprint density at radius 3 is 2.56 bits per heavy atom. The number of aromatic nitrogens is 1. The number of anilines is 1. The SMILES string of the molecule is O=C(COC(=O)Cc1noc2ccccc12)Nc1cccc2ccccc12. The molecule has 0 unspecified atom stereocenters. The van der Waals surface area contributed by atoms with E-state index < -0.39 is 11.9 Å². The van der Waals surface area contributed by atoms with E-state index >= 15 is 0 Å². The Labute approximate surface area is 154 Å². The van der Waals surface area contributed by atoms with Crippen molar-refractivity contribution in [2.45, 2.75) is 6.42 Å². The van der Waals surface area contributed by atoms with E-state index in [1.807, 2.05) is 60.7 Å². The van der Waals surface area contributed by atoms with Crippen molar-refractivity contribution in [2.24, 2.45) is 0 Å². The van der Waals surface area contributed by atoms with Gasteiger partial charge in [-0.15, -0.1) is 0 Å². The van der Waals surface area contributed by atoms with E-state index in [2.05, 4.69) is 10.5 Å². The number of para-hydroxylation sites is 1. The molecule has 0 bridgehead atoms. The maximum Gasteiger partial charge on any atom is 0.312 e. The third kappa shape index (κ3) is 3.64. The third-order valence-corrected chi connectivity index (χ3v) is 4.19. The molecule has 0 atom stereocenters.